The highest BCUT2D eigenvalue weighted by atomic mass is 16.3. The van der Waals surface area contributed by atoms with Crippen molar-refractivity contribution in [2.45, 2.75) is 6.92 Å². The molecule has 112 valence electrons. The van der Waals surface area contributed by atoms with Crippen molar-refractivity contribution in [2.75, 3.05) is 5.32 Å². The summed E-state index contributed by atoms with van der Waals surface area (Å²) in [5.74, 6) is 0.270. The first-order valence-corrected chi connectivity index (χ1v) is 7.16. The second-order valence-corrected chi connectivity index (χ2v) is 5.34. The maximum atomic E-state index is 12.2. The van der Waals surface area contributed by atoms with Crippen LogP contribution in [0.15, 0.2) is 57.7 Å². The number of benzene rings is 3. The van der Waals surface area contributed by atoms with Gasteiger partial charge in [-0.2, -0.15) is 0 Å². The molecule has 5 nitrogen and oxygen atoms in total. The van der Waals surface area contributed by atoms with E-state index in [0.29, 0.717) is 33.6 Å². The summed E-state index contributed by atoms with van der Waals surface area (Å²) in [4.78, 5) is 28.0. The molecule has 1 aliphatic carbocycles. The molecule has 0 atom stereocenters. The number of anilines is 1. The summed E-state index contributed by atoms with van der Waals surface area (Å²) in [6, 6.07) is 14.0. The van der Waals surface area contributed by atoms with Crippen molar-refractivity contribution in [1.82, 2.24) is 4.98 Å². The van der Waals surface area contributed by atoms with Crippen LogP contribution < -0.4 is 10.7 Å². The van der Waals surface area contributed by atoms with Gasteiger partial charge in [0.25, 0.3) is 0 Å². The summed E-state index contributed by atoms with van der Waals surface area (Å²) in [5.41, 5.74) is 2.35. The molecule has 0 spiro atoms. The summed E-state index contributed by atoms with van der Waals surface area (Å²) in [6.07, 6.45) is 0. The fourth-order valence-electron chi connectivity index (χ4n) is 2.70. The molecule has 2 aromatic rings. The smallest absolute Gasteiger partial charge is 0.221 e. The van der Waals surface area contributed by atoms with E-state index in [-0.39, 0.29) is 11.3 Å². The van der Waals surface area contributed by atoms with Crippen LogP contribution in [0.2, 0.25) is 0 Å². The lowest BCUT2D eigenvalue weighted by molar-refractivity contribution is -0.114. The minimum absolute atomic E-state index is 0.101. The average molecular weight is 304 g/mol. The predicted molar refractivity (Wildman–Crippen MR) is 88.7 cm³/mol. The van der Waals surface area contributed by atoms with Crippen molar-refractivity contribution in [2.24, 2.45) is 0 Å². The van der Waals surface area contributed by atoms with Gasteiger partial charge in [-0.3, -0.25) is 9.59 Å². The van der Waals surface area contributed by atoms with E-state index >= 15 is 0 Å². The third kappa shape index (κ3) is 2.23. The molecule has 0 radical (unpaired) electrons. The van der Waals surface area contributed by atoms with Crippen LogP contribution in [-0.2, 0) is 4.79 Å². The Balaban J connectivity index is 2.05. The Bertz CT molecular complexity index is 1100. The largest absolute Gasteiger partial charge is 0.453 e. The Morgan fingerprint density at radius 3 is 2.65 bits per heavy atom. The summed E-state index contributed by atoms with van der Waals surface area (Å²) in [5, 5.41) is 4.09. The van der Waals surface area contributed by atoms with Crippen molar-refractivity contribution in [3.63, 3.8) is 0 Å². The Morgan fingerprint density at radius 2 is 1.87 bits per heavy atom. The van der Waals surface area contributed by atoms with Crippen LogP contribution in [0, 0.1) is 0 Å². The molecule has 4 rings (SSSR count). The number of amides is 1. The molecule has 0 saturated heterocycles. The first-order chi connectivity index (χ1) is 11.1. The highest BCUT2D eigenvalue weighted by Gasteiger charge is 2.15. The summed E-state index contributed by atoms with van der Waals surface area (Å²) in [6.45, 7) is 1.44. The Labute approximate surface area is 130 Å². The van der Waals surface area contributed by atoms with E-state index in [2.05, 4.69) is 10.3 Å². The monoisotopic (exact) mass is 304 g/mol. The van der Waals surface area contributed by atoms with Crippen molar-refractivity contribution in [1.29, 1.82) is 0 Å². The predicted octanol–water partition coefficient (Wildman–Crippen LogP) is 3.40. The molecule has 1 N–H and O–H groups in total. The van der Waals surface area contributed by atoms with Crippen LogP contribution in [-0.4, -0.2) is 10.9 Å². The molecule has 2 aliphatic rings. The highest BCUT2D eigenvalue weighted by Crippen LogP contribution is 2.30. The van der Waals surface area contributed by atoms with Gasteiger partial charge in [-0.15, -0.1) is 0 Å². The lowest BCUT2D eigenvalue weighted by Crippen LogP contribution is -2.06. The van der Waals surface area contributed by atoms with Gasteiger partial charge in [0.1, 0.15) is 11.2 Å². The number of carbonyl (C=O) groups is 1. The maximum absolute atomic E-state index is 12.2. The van der Waals surface area contributed by atoms with Crippen molar-refractivity contribution < 1.29 is 9.21 Å². The SMILES string of the molecule is CC(=O)Nc1ccc2nc3c4ccccc4c(=O)cc-3oc2c1. The van der Waals surface area contributed by atoms with Gasteiger partial charge >= 0.3 is 0 Å². The van der Waals surface area contributed by atoms with Crippen LogP contribution in [0.4, 0.5) is 5.69 Å². The molecule has 1 amide bonds. The molecular formula is C18H12N2O3. The first-order valence-electron chi connectivity index (χ1n) is 7.16. The van der Waals surface area contributed by atoms with Gasteiger partial charge < -0.3 is 9.73 Å². The van der Waals surface area contributed by atoms with E-state index in [0.717, 1.165) is 5.39 Å². The van der Waals surface area contributed by atoms with Gasteiger partial charge in [0.05, 0.1) is 0 Å². The number of aromatic nitrogens is 1. The van der Waals surface area contributed by atoms with Crippen LogP contribution in [0.25, 0.3) is 33.3 Å². The molecule has 0 fully saturated rings. The van der Waals surface area contributed by atoms with Gasteiger partial charge in [0.15, 0.2) is 16.8 Å². The van der Waals surface area contributed by atoms with E-state index in [1.807, 2.05) is 18.2 Å². The molecule has 0 aromatic heterocycles. The zero-order valence-corrected chi connectivity index (χ0v) is 12.3. The summed E-state index contributed by atoms with van der Waals surface area (Å²) >= 11 is 0. The van der Waals surface area contributed by atoms with Gasteiger partial charge in [0, 0.05) is 35.5 Å². The first kappa shape index (κ1) is 13.5. The van der Waals surface area contributed by atoms with Gasteiger partial charge in [-0.05, 0) is 12.1 Å². The third-order valence-electron chi connectivity index (χ3n) is 3.68. The minimum atomic E-state index is -0.161. The topological polar surface area (TPSA) is 72.2 Å². The number of nitrogens with zero attached hydrogens (tertiary/aromatic N) is 1. The second kappa shape index (κ2) is 4.91. The van der Waals surface area contributed by atoms with Gasteiger partial charge in [-0.25, -0.2) is 4.98 Å². The maximum Gasteiger partial charge on any atom is 0.221 e. The minimum Gasteiger partial charge on any atom is -0.453 e. The van der Waals surface area contributed by atoms with Crippen molar-refractivity contribution in [3.8, 4) is 11.5 Å². The Morgan fingerprint density at radius 1 is 1.09 bits per heavy atom. The third-order valence-corrected chi connectivity index (χ3v) is 3.68. The summed E-state index contributed by atoms with van der Waals surface area (Å²) in [7, 11) is 0. The van der Waals surface area contributed by atoms with E-state index in [1.54, 1.807) is 24.3 Å². The number of hydrogen-bond acceptors (Lipinski definition) is 4. The van der Waals surface area contributed by atoms with Crippen LogP contribution in [0.1, 0.15) is 6.92 Å². The standard InChI is InChI=1S/C18H12N2O3/c1-10(21)19-11-6-7-14-16(8-11)23-17-9-15(22)12-4-2-3-5-13(12)18(17)20-14/h2-9H,1H3,(H,19,21). The Kier molecular flexibility index (Phi) is 2.87. The number of hydrogen-bond donors (Lipinski definition) is 1. The van der Waals surface area contributed by atoms with Crippen LogP contribution >= 0.6 is 0 Å². The normalized spacial score (nSPS) is 11.2. The Hall–Kier alpha value is -3.21. The second-order valence-electron chi connectivity index (χ2n) is 5.34. The molecule has 2 aromatic carbocycles. The molecule has 0 saturated carbocycles. The quantitative estimate of drug-likeness (QED) is 0.432. The van der Waals surface area contributed by atoms with Crippen LogP contribution in [0.3, 0.4) is 0 Å². The molecule has 0 bridgehead atoms. The lowest BCUT2D eigenvalue weighted by atomic mass is 10.0. The summed E-state index contributed by atoms with van der Waals surface area (Å²) < 4.78 is 5.84. The number of fused-ring (bicyclic) bond motifs is 4. The fraction of sp³-hybridized carbons (Fsp3) is 0.0556. The molecule has 1 heterocycles. The zero-order valence-electron chi connectivity index (χ0n) is 12.3. The molecule has 23 heavy (non-hydrogen) atoms. The van der Waals surface area contributed by atoms with Crippen molar-refractivity contribution >= 4 is 33.5 Å². The molecular weight excluding hydrogens is 292 g/mol. The highest BCUT2D eigenvalue weighted by molar-refractivity contribution is 5.97. The van der Waals surface area contributed by atoms with Gasteiger partial charge in [-0.1, -0.05) is 24.3 Å². The van der Waals surface area contributed by atoms with E-state index in [9.17, 15) is 9.59 Å². The zero-order chi connectivity index (χ0) is 16.0. The molecule has 0 unspecified atom stereocenters. The van der Waals surface area contributed by atoms with E-state index < -0.39 is 0 Å². The van der Waals surface area contributed by atoms with Crippen LogP contribution in [0.5, 0.6) is 0 Å². The number of rotatable bonds is 1. The number of nitrogens with one attached hydrogen (secondary N) is 1. The van der Waals surface area contributed by atoms with E-state index in [1.165, 1.54) is 13.0 Å². The number of carbonyl (C=O) groups excluding carboxylic acids is 1. The molecule has 1 aliphatic heterocycles. The van der Waals surface area contributed by atoms with Crippen molar-refractivity contribution in [3.05, 3.63) is 58.8 Å². The fourth-order valence-corrected chi connectivity index (χ4v) is 2.70. The average Bonchev–Trinajstić information content (AvgIpc) is 2.53. The molecule has 5 heteroatoms. The van der Waals surface area contributed by atoms with E-state index in [4.69, 9.17) is 4.42 Å². The lowest BCUT2D eigenvalue weighted by Gasteiger charge is -2.10. The van der Waals surface area contributed by atoms with Gasteiger partial charge in [0.2, 0.25) is 5.91 Å².